The van der Waals surface area contributed by atoms with Gasteiger partial charge in [0.2, 0.25) is 0 Å². The molecular weight excluding hydrogens is 435 g/mol. The Morgan fingerprint density at radius 2 is 1.74 bits per heavy atom. The van der Waals surface area contributed by atoms with E-state index in [-0.39, 0.29) is 16.5 Å². The van der Waals surface area contributed by atoms with E-state index in [9.17, 15) is 4.79 Å². The normalized spacial score (nSPS) is 10.7. The van der Waals surface area contributed by atoms with E-state index in [0.717, 1.165) is 16.9 Å². The molecule has 0 aliphatic carbocycles. The molecule has 0 bridgehead atoms. The minimum Gasteiger partial charge on any atom is -0.489 e. The quantitative estimate of drug-likeness (QED) is 0.268. The van der Waals surface area contributed by atoms with Crippen LogP contribution in [0.5, 0.6) is 11.5 Å². The molecular formula is C24H18Cl2N2O3. The van der Waals surface area contributed by atoms with Crippen molar-refractivity contribution in [1.29, 1.82) is 0 Å². The van der Waals surface area contributed by atoms with Crippen molar-refractivity contribution >= 4 is 29.2 Å². The number of halogens is 2. The molecule has 1 aromatic heterocycles. The third kappa shape index (κ3) is 4.90. The molecule has 156 valence electrons. The number of rotatable bonds is 6. The highest BCUT2D eigenvalue weighted by Crippen LogP contribution is 2.37. The number of ether oxygens (including phenoxy) is 2. The van der Waals surface area contributed by atoms with Gasteiger partial charge in [0.05, 0.1) is 16.2 Å². The third-order valence-electron chi connectivity index (χ3n) is 4.67. The summed E-state index contributed by atoms with van der Waals surface area (Å²) in [5.41, 5.74) is 3.56. The molecule has 0 amide bonds. The van der Waals surface area contributed by atoms with Crippen molar-refractivity contribution in [1.82, 2.24) is 10.2 Å². The fraction of sp³-hybridized carbons (Fsp3) is 0.0833. The number of carbonyl (C=O) groups is 1. The fourth-order valence-electron chi connectivity index (χ4n) is 3.00. The Bertz CT molecular complexity index is 1210. The zero-order valence-corrected chi connectivity index (χ0v) is 18.1. The number of hydrogen-bond donors (Lipinski definition) is 1. The van der Waals surface area contributed by atoms with E-state index in [1.807, 2.05) is 54.6 Å². The Labute approximate surface area is 189 Å². The second kappa shape index (κ2) is 9.25. The average molecular weight is 453 g/mol. The summed E-state index contributed by atoms with van der Waals surface area (Å²) in [6, 6.07) is 20.6. The first-order valence-electron chi connectivity index (χ1n) is 9.49. The molecule has 31 heavy (non-hydrogen) atoms. The van der Waals surface area contributed by atoms with Gasteiger partial charge in [0, 0.05) is 11.1 Å². The number of aromatic nitrogens is 2. The summed E-state index contributed by atoms with van der Waals surface area (Å²) >= 11 is 12.7. The first kappa shape index (κ1) is 21.0. The molecule has 0 unspecified atom stereocenters. The van der Waals surface area contributed by atoms with Gasteiger partial charge in [-0.25, -0.2) is 4.79 Å². The third-order valence-corrected chi connectivity index (χ3v) is 5.28. The van der Waals surface area contributed by atoms with Crippen molar-refractivity contribution in [2.24, 2.45) is 0 Å². The predicted molar refractivity (Wildman–Crippen MR) is 121 cm³/mol. The van der Waals surface area contributed by atoms with Crippen LogP contribution in [0.15, 0.2) is 72.9 Å². The molecule has 4 rings (SSSR count). The van der Waals surface area contributed by atoms with Crippen LogP contribution in [-0.4, -0.2) is 16.2 Å². The van der Waals surface area contributed by atoms with Crippen LogP contribution in [0.25, 0.3) is 11.1 Å². The monoisotopic (exact) mass is 452 g/mol. The summed E-state index contributed by atoms with van der Waals surface area (Å²) in [4.78, 5) is 12.4. The lowest BCUT2D eigenvalue weighted by molar-refractivity contribution is 0.0728. The Hall–Kier alpha value is -3.28. The Morgan fingerprint density at radius 1 is 1.00 bits per heavy atom. The zero-order valence-electron chi connectivity index (χ0n) is 16.6. The predicted octanol–water partition coefficient (Wildman–Crippen LogP) is 6.49. The first-order chi connectivity index (χ1) is 15.0. The second-order valence-corrected chi connectivity index (χ2v) is 7.69. The molecule has 0 radical (unpaired) electrons. The summed E-state index contributed by atoms with van der Waals surface area (Å²) in [7, 11) is 0. The zero-order chi connectivity index (χ0) is 21.8. The summed E-state index contributed by atoms with van der Waals surface area (Å²) in [5.74, 6) is 0.373. The molecule has 4 aromatic rings. The van der Waals surface area contributed by atoms with E-state index < -0.39 is 5.97 Å². The van der Waals surface area contributed by atoms with Crippen LogP contribution in [-0.2, 0) is 6.61 Å². The highest BCUT2D eigenvalue weighted by atomic mass is 35.5. The largest absolute Gasteiger partial charge is 0.489 e. The molecule has 0 atom stereocenters. The van der Waals surface area contributed by atoms with Crippen molar-refractivity contribution < 1.29 is 14.3 Å². The van der Waals surface area contributed by atoms with E-state index in [4.69, 9.17) is 32.7 Å². The number of benzene rings is 3. The molecule has 0 spiro atoms. The van der Waals surface area contributed by atoms with E-state index in [1.165, 1.54) is 0 Å². The van der Waals surface area contributed by atoms with Gasteiger partial charge in [-0.3, -0.25) is 5.10 Å². The highest BCUT2D eigenvalue weighted by Gasteiger charge is 2.17. The molecule has 0 aliphatic heterocycles. The molecule has 7 heteroatoms. The van der Waals surface area contributed by atoms with Crippen molar-refractivity contribution in [3.63, 3.8) is 0 Å². The topological polar surface area (TPSA) is 64.2 Å². The van der Waals surface area contributed by atoms with Gasteiger partial charge < -0.3 is 9.47 Å². The van der Waals surface area contributed by atoms with Crippen molar-refractivity contribution in [2.45, 2.75) is 13.5 Å². The van der Waals surface area contributed by atoms with Gasteiger partial charge in [0.25, 0.3) is 0 Å². The lowest BCUT2D eigenvalue weighted by Gasteiger charge is -2.12. The van der Waals surface area contributed by atoms with E-state index >= 15 is 0 Å². The van der Waals surface area contributed by atoms with Crippen LogP contribution in [0, 0.1) is 6.92 Å². The fourth-order valence-corrected chi connectivity index (χ4v) is 3.53. The van der Waals surface area contributed by atoms with Crippen LogP contribution in [0.3, 0.4) is 0 Å². The molecule has 3 aromatic carbocycles. The number of hydrogen-bond acceptors (Lipinski definition) is 4. The van der Waals surface area contributed by atoms with E-state index in [1.54, 1.807) is 25.3 Å². The van der Waals surface area contributed by atoms with Crippen LogP contribution in [0.1, 0.15) is 21.6 Å². The Kier molecular flexibility index (Phi) is 6.26. The maximum atomic E-state index is 12.4. The van der Waals surface area contributed by atoms with Gasteiger partial charge in [-0.05, 0) is 42.3 Å². The summed E-state index contributed by atoms with van der Waals surface area (Å²) in [6.07, 6.45) is 1.55. The molecule has 0 fully saturated rings. The van der Waals surface area contributed by atoms with Crippen LogP contribution in [0.4, 0.5) is 0 Å². The lowest BCUT2D eigenvalue weighted by Crippen LogP contribution is -2.11. The molecule has 0 saturated carbocycles. The van der Waals surface area contributed by atoms with Crippen molar-refractivity contribution in [2.75, 3.05) is 0 Å². The first-order valence-corrected chi connectivity index (χ1v) is 10.2. The van der Waals surface area contributed by atoms with E-state index in [0.29, 0.717) is 22.8 Å². The van der Waals surface area contributed by atoms with Crippen LogP contribution in [0.2, 0.25) is 10.0 Å². The Morgan fingerprint density at radius 3 is 2.42 bits per heavy atom. The molecule has 0 saturated heterocycles. The minimum atomic E-state index is -0.574. The highest BCUT2D eigenvalue weighted by molar-refractivity contribution is 6.37. The maximum Gasteiger partial charge on any atom is 0.362 e. The number of H-pyrrole nitrogens is 1. The SMILES string of the molecule is Cc1cn[nH]c1C(=O)Oc1cc(-c2ccc(OCc3ccccc3)cc2)c(Cl)cc1Cl. The number of esters is 1. The van der Waals surface area contributed by atoms with Gasteiger partial charge in [-0.2, -0.15) is 5.10 Å². The Balaban J connectivity index is 1.53. The van der Waals surface area contributed by atoms with Gasteiger partial charge in [0.1, 0.15) is 18.1 Å². The molecule has 1 heterocycles. The molecule has 0 aliphatic rings. The molecule has 1 N–H and O–H groups in total. The van der Waals surface area contributed by atoms with E-state index in [2.05, 4.69) is 10.2 Å². The van der Waals surface area contributed by atoms with Crippen LogP contribution >= 0.6 is 23.2 Å². The van der Waals surface area contributed by atoms with Crippen molar-refractivity contribution in [3.05, 3.63) is 99.8 Å². The second-order valence-electron chi connectivity index (χ2n) is 6.88. The molecule has 5 nitrogen and oxygen atoms in total. The van der Waals surface area contributed by atoms with Gasteiger partial charge in [0.15, 0.2) is 5.75 Å². The lowest BCUT2D eigenvalue weighted by atomic mass is 10.1. The number of aryl methyl sites for hydroxylation is 1. The standard InChI is InChI=1S/C24H18Cl2N2O3/c1-15-13-27-28-23(15)24(29)31-22-11-19(20(25)12-21(22)26)17-7-9-18(10-8-17)30-14-16-5-3-2-4-6-16/h2-13H,14H2,1H3,(H,27,28). The summed E-state index contributed by atoms with van der Waals surface area (Å²) in [5, 5.41) is 7.14. The number of aromatic amines is 1. The van der Waals surface area contributed by atoms with Gasteiger partial charge in [-0.15, -0.1) is 0 Å². The van der Waals surface area contributed by atoms with Gasteiger partial charge in [-0.1, -0.05) is 65.7 Å². The number of nitrogens with one attached hydrogen (secondary N) is 1. The number of nitrogens with zero attached hydrogens (tertiary/aromatic N) is 1. The van der Waals surface area contributed by atoms with Crippen LogP contribution < -0.4 is 9.47 Å². The number of carbonyl (C=O) groups excluding carboxylic acids is 1. The average Bonchev–Trinajstić information content (AvgIpc) is 3.21. The minimum absolute atomic E-state index is 0.212. The summed E-state index contributed by atoms with van der Waals surface area (Å²) in [6.45, 7) is 2.24. The van der Waals surface area contributed by atoms with Gasteiger partial charge >= 0.3 is 5.97 Å². The smallest absolute Gasteiger partial charge is 0.362 e. The maximum absolute atomic E-state index is 12.4. The summed E-state index contributed by atoms with van der Waals surface area (Å²) < 4.78 is 11.3. The van der Waals surface area contributed by atoms with Crippen molar-refractivity contribution in [3.8, 4) is 22.6 Å².